The number of aryl methyl sites for hydroxylation is 1. The Hall–Kier alpha value is -2.64. The van der Waals surface area contributed by atoms with E-state index in [1.807, 2.05) is 4.57 Å². The van der Waals surface area contributed by atoms with Crippen LogP contribution in [0.25, 0.3) is 11.4 Å². The van der Waals surface area contributed by atoms with Crippen molar-refractivity contribution in [1.29, 1.82) is 0 Å². The zero-order chi connectivity index (χ0) is 18.8. The smallest absolute Gasteiger partial charge is 0.255 e. The van der Waals surface area contributed by atoms with Crippen LogP contribution in [-0.2, 0) is 13.0 Å². The second-order valence-electron chi connectivity index (χ2n) is 6.68. The molecular weight excluding hydrogens is 416 g/mol. The van der Waals surface area contributed by atoms with Crippen LogP contribution < -0.4 is 11.1 Å². The zero-order valence-electron chi connectivity index (χ0n) is 15.6. The van der Waals surface area contributed by atoms with E-state index in [0.29, 0.717) is 28.3 Å². The molecule has 4 rings (SSSR count). The summed E-state index contributed by atoms with van der Waals surface area (Å²) in [7, 11) is 0. The molecule has 2 aromatic carbocycles. The highest BCUT2D eigenvalue weighted by Crippen LogP contribution is 2.27. The van der Waals surface area contributed by atoms with Crippen LogP contribution >= 0.6 is 24.8 Å². The van der Waals surface area contributed by atoms with Crippen LogP contribution in [0.1, 0.15) is 35.4 Å². The monoisotopic (exact) mass is 437 g/mol. The van der Waals surface area contributed by atoms with Gasteiger partial charge in [0.25, 0.3) is 5.91 Å². The molecule has 0 spiro atoms. The molecule has 2 heterocycles. The molecule has 0 saturated carbocycles. The topological polar surface area (TPSA) is 85.8 Å². The fraction of sp³-hybridized carbons (Fsp3) is 0.250. The van der Waals surface area contributed by atoms with Gasteiger partial charge in [0, 0.05) is 29.9 Å². The summed E-state index contributed by atoms with van der Waals surface area (Å²) in [6.07, 6.45) is 4.06. The predicted molar refractivity (Wildman–Crippen MR) is 116 cm³/mol. The second kappa shape index (κ2) is 9.71. The third-order valence-electron chi connectivity index (χ3n) is 4.72. The van der Waals surface area contributed by atoms with Crippen LogP contribution in [0.5, 0.6) is 0 Å². The first-order valence-corrected chi connectivity index (χ1v) is 9.01. The first kappa shape index (κ1) is 22.6. The highest BCUT2D eigenvalue weighted by atomic mass is 35.5. The Morgan fingerprint density at radius 2 is 1.90 bits per heavy atom. The second-order valence-corrected chi connectivity index (χ2v) is 6.68. The van der Waals surface area contributed by atoms with Gasteiger partial charge in [-0.25, -0.2) is 4.39 Å². The molecule has 0 bridgehead atoms. The molecule has 1 aliphatic heterocycles. The number of nitrogen functional groups attached to an aromatic ring is 1. The molecule has 6 nitrogen and oxygen atoms in total. The number of carbonyl (C=O) groups excluding carboxylic acids is 1. The molecule has 1 aromatic heterocycles. The fourth-order valence-corrected chi connectivity index (χ4v) is 3.34. The van der Waals surface area contributed by atoms with E-state index in [1.54, 1.807) is 30.3 Å². The minimum absolute atomic E-state index is 0. The fourth-order valence-electron chi connectivity index (χ4n) is 3.34. The summed E-state index contributed by atoms with van der Waals surface area (Å²) in [5.74, 6) is 0.692. The number of nitrogens with zero attached hydrogens (tertiary/aromatic N) is 3. The van der Waals surface area contributed by atoms with Gasteiger partial charge in [0.05, 0.1) is 5.56 Å². The minimum atomic E-state index is -0.392. The number of rotatable bonds is 3. The molecule has 154 valence electrons. The van der Waals surface area contributed by atoms with E-state index >= 15 is 0 Å². The Balaban J connectivity index is 0.00000150. The number of carbonyl (C=O) groups is 1. The van der Waals surface area contributed by atoms with E-state index in [1.165, 1.54) is 12.1 Å². The van der Waals surface area contributed by atoms with Crippen molar-refractivity contribution in [3.05, 3.63) is 59.7 Å². The van der Waals surface area contributed by atoms with E-state index in [9.17, 15) is 9.18 Å². The summed E-state index contributed by atoms with van der Waals surface area (Å²) >= 11 is 0. The van der Waals surface area contributed by atoms with Crippen molar-refractivity contribution in [2.45, 2.75) is 32.2 Å². The molecule has 0 saturated heterocycles. The van der Waals surface area contributed by atoms with Crippen molar-refractivity contribution in [3.63, 3.8) is 0 Å². The number of hydrogen-bond donors (Lipinski definition) is 2. The Morgan fingerprint density at radius 3 is 2.69 bits per heavy atom. The van der Waals surface area contributed by atoms with Gasteiger partial charge in [-0.2, -0.15) is 0 Å². The molecular formula is C20H22Cl2FN5O. The molecule has 1 aliphatic rings. The number of fused-ring (bicyclic) bond motifs is 1. The van der Waals surface area contributed by atoms with E-state index in [4.69, 9.17) is 5.73 Å². The summed E-state index contributed by atoms with van der Waals surface area (Å²) in [5, 5.41) is 11.2. The van der Waals surface area contributed by atoms with Gasteiger partial charge >= 0.3 is 0 Å². The number of nitrogens with one attached hydrogen (secondary N) is 1. The standard InChI is InChI=1S/C20H20FN5O.2ClH/c21-17-9-8-15(23-20(27)13-5-4-6-14(22)11-13)12-16(17)19-25-24-18-7-2-1-3-10-26(18)19;;/h4-6,8-9,11-12H,1-3,7,10,22H2,(H,23,27);2*1H. The number of benzene rings is 2. The van der Waals surface area contributed by atoms with Crippen molar-refractivity contribution in [2.75, 3.05) is 11.1 Å². The first-order chi connectivity index (χ1) is 13.1. The maximum atomic E-state index is 14.5. The molecule has 29 heavy (non-hydrogen) atoms. The van der Waals surface area contributed by atoms with Crippen molar-refractivity contribution in [1.82, 2.24) is 14.8 Å². The lowest BCUT2D eigenvalue weighted by Gasteiger charge is -2.11. The number of hydrogen-bond acceptors (Lipinski definition) is 4. The number of anilines is 2. The molecule has 0 fully saturated rings. The first-order valence-electron chi connectivity index (χ1n) is 9.01. The highest BCUT2D eigenvalue weighted by molar-refractivity contribution is 6.05. The van der Waals surface area contributed by atoms with Crippen molar-refractivity contribution < 1.29 is 9.18 Å². The van der Waals surface area contributed by atoms with Crippen molar-refractivity contribution >= 4 is 42.1 Å². The largest absolute Gasteiger partial charge is 0.399 e. The minimum Gasteiger partial charge on any atom is -0.399 e. The Bertz CT molecular complexity index is 1010. The highest BCUT2D eigenvalue weighted by Gasteiger charge is 2.19. The third kappa shape index (κ3) is 4.86. The van der Waals surface area contributed by atoms with Crippen LogP contribution in [0.4, 0.5) is 15.8 Å². The lowest BCUT2D eigenvalue weighted by Crippen LogP contribution is -2.12. The van der Waals surface area contributed by atoms with E-state index in [0.717, 1.165) is 38.1 Å². The molecule has 9 heteroatoms. The van der Waals surface area contributed by atoms with E-state index in [-0.39, 0.29) is 30.7 Å². The van der Waals surface area contributed by atoms with Gasteiger partial charge < -0.3 is 15.6 Å². The van der Waals surface area contributed by atoms with Gasteiger partial charge in [-0.05, 0) is 49.2 Å². The van der Waals surface area contributed by atoms with Crippen LogP contribution in [0.2, 0.25) is 0 Å². The molecule has 0 atom stereocenters. The SMILES string of the molecule is Cl.Cl.Nc1cccc(C(=O)Nc2ccc(F)c(-c3nnc4n3CCCCC4)c2)c1. The van der Waals surface area contributed by atoms with Crippen LogP contribution in [0, 0.1) is 5.82 Å². The Kier molecular flexibility index (Phi) is 7.59. The molecule has 3 N–H and O–H groups in total. The quantitative estimate of drug-likeness (QED) is 0.590. The number of aromatic nitrogens is 3. The van der Waals surface area contributed by atoms with Gasteiger partial charge in [-0.1, -0.05) is 12.5 Å². The average Bonchev–Trinajstić information content (AvgIpc) is 2.91. The van der Waals surface area contributed by atoms with Crippen molar-refractivity contribution in [3.8, 4) is 11.4 Å². The lowest BCUT2D eigenvalue weighted by molar-refractivity contribution is 0.102. The van der Waals surface area contributed by atoms with E-state index < -0.39 is 5.82 Å². The summed E-state index contributed by atoms with van der Waals surface area (Å²) in [5.41, 5.74) is 7.50. The zero-order valence-corrected chi connectivity index (χ0v) is 17.2. The molecule has 3 aromatic rings. The number of amides is 1. The van der Waals surface area contributed by atoms with Crippen molar-refractivity contribution in [2.24, 2.45) is 0 Å². The normalized spacial score (nSPS) is 12.7. The molecule has 1 amide bonds. The summed E-state index contributed by atoms with van der Waals surface area (Å²) < 4.78 is 16.5. The van der Waals surface area contributed by atoms with Gasteiger partial charge in [0.15, 0.2) is 5.82 Å². The van der Waals surface area contributed by atoms with Crippen LogP contribution in [0.15, 0.2) is 42.5 Å². The average molecular weight is 438 g/mol. The summed E-state index contributed by atoms with van der Waals surface area (Å²) in [6, 6.07) is 11.2. The number of halogens is 3. The van der Waals surface area contributed by atoms with Crippen LogP contribution in [-0.4, -0.2) is 20.7 Å². The molecule has 0 aliphatic carbocycles. The predicted octanol–water partition coefficient (Wildman–Crippen LogP) is 4.49. The van der Waals surface area contributed by atoms with Gasteiger partial charge in [0.2, 0.25) is 0 Å². The molecule has 0 radical (unpaired) electrons. The maximum absolute atomic E-state index is 14.5. The van der Waals surface area contributed by atoms with E-state index in [2.05, 4.69) is 15.5 Å². The lowest BCUT2D eigenvalue weighted by atomic mass is 10.1. The number of nitrogens with two attached hydrogens (primary N) is 1. The van der Waals surface area contributed by atoms with Gasteiger partial charge in [0.1, 0.15) is 11.6 Å². The maximum Gasteiger partial charge on any atom is 0.255 e. The van der Waals surface area contributed by atoms with Gasteiger partial charge in [-0.15, -0.1) is 35.0 Å². The summed E-state index contributed by atoms with van der Waals surface area (Å²) in [4.78, 5) is 12.4. The van der Waals surface area contributed by atoms with Gasteiger partial charge in [-0.3, -0.25) is 4.79 Å². The summed E-state index contributed by atoms with van der Waals surface area (Å²) in [6.45, 7) is 0.775. The third-order valence-corrected chi connectivity index (χ3v) is 4.72. The Labute approximate surface area is 180 Å². The Morgan fingerprint density at radius 1 is 1.07 bits per heavy atom. The molecule has 0 unspecified atom stereocenters. The van der Waals surface area contributed by atoms with Crippen LogP contribution in [0.3, 0.4) is 0 Å².